The third-order valence-electron chi connectivity index (χ3n) is 3.94. The van der Waals surface area contributed by atoms with E-state index in [-0.39, 0.29) is 26.1 Å². The topological polar surface area (TPSA) is 185 Å². The molecular weight excluding hydrogens is 462 g/mol. The fraction of sp³-hybridized carbons (Fsp3) is 0.333. The second kappa shape index (κ2) is 8.49. The number of fused-ring (bicyclic) bond motifs is 1. The van der Waals surface area contributed by atoms with Crippen molar-refractivity contribution in [2.75, 3.05) is 12.3 Å². The maximum Gasteiger partial charge on any atom is 0.352 e. The van der Waals surface area contributed by atoms with Gasteiger partial charge in [-0.15, -0.1) is 11.8 Å². The zero-order valence-electron chi connectivity index (χ0n) is 15.1. The number of thiazole rings is 1. The molecule has 1 aromatic rings. The Morgan fingerprint density at radius 1 is 1.43 bits per heavy atom. The molecule has 3 atom stereocenters. The van der Waals surface area contributed by atoms with Crippen LogP contribution in [-0.2, 0) is 24.0 Å². The highest BCUT2D eigenvalue weighted by Crippen LogP contribution is 2.40. The molecule has 5 N–H and O–H groups in total. The fourth-order valence-electron chi connectivity index (χ4n) is 2.75. The number of nitrogen functional groups attached to an aromatic ring is 1. The van der Waals surface area contributed by atoms with Crippen molar-refractivity contribution >= 4 is 69.3 Å². The number of carbonyl (C=O) groups is 4. The van der Waals surface area contributed by atoms with E-state index in [9.17, 15) is 24.3 Å². The Labute approximate surface area is 181 Å². The molecule has 2 aliphatic rings. The van der Waals surface area contributed by atoms with E-state index in [2.05, 4.69) is 20.3 Å². The van der Waals surface area contributed by atoms with Crippen LogP contribution < -0.4 is 11.1 Å². The van der Waals surface area contributed by atoms with Crippen molar-refractivity contribution in [2.45, 2.75) is 23.6 Å². The highest BCUT2D eigenvalue weighted by atomic mass is 35.5. The summed E-state index contributed by atoms with van der Waals surface area (Å²) >= 11 is 8.17. The van der Waals surface area contributed by atoms with Gasteiger partial charge < -0.3 is 26.1 Å². The molecule has 30 heavy (non-hydrogen) atoms. The van der Waals surface area contributed by atoms with Crippen LogP contribution in [0.4, 0.5) is 5.13 Å². The molecule has 2 unspecified atom stereocenters. The Bertz CT molecular complexity index is 994. The first kappa shape index (κ1) is 21.9. The standard InChI is InChI=1S/C15H14ClN5O7S2/c1-4-2-5(14(26)27)21-12(25)9(13(21)29-4)18-11(24)8(20-28-3-6(22)23)7-10(16)30-15(17)19-7/h2,4,9,13H,3H2,1H3,(H2,17,19)(H,18,24)(H,22,23)(H,26,27)/b20-8+/t4?,9?,13-/m1/s1. The second-order valence-corrected chi connectivity index (χ2v) is 9.16. The number of nitrogens with zero attached hydrogens (tertiary/aromatic N) is 3. The number of hydrogen-bond acceptors (Lipinski definition) is 10. The summed E-state index contributed by atoms with van der Waals surface area (Å²) < 4.78 is 0.0126. The first-order valence-electron chi connectivity index (χ1n) is 8.18. The predicted octanol–water partition coefficient (Wildman–Crippen LogP) is -0.0591. The van der Waals surface area contributed by atoms with Gasteiger partial charge in [-0.05, 0) is 13.0 Å². The molecular formula is C15H14ClN5O7S2. The number of oxime groups is 1. The van der Waals surface area contributed by atoms with Gasteiger partial charge in [0.2, 0.25) is 6.61 Å². The maximum absolute atomic E-state index is 12.8. The van der Waals surface area contributed by atoms with Crippen LogP contribution in [0.1, 0.15) is 12.6 Å². The number of carboxylic acid groups (broad SMARTS) is 2. The lowest BCUT2D eigenvalue weighted by atomic mass is 10.0. The fourth-order valence-corrected chi connectivity index (χ4v) is 5.00. The molecule has 15 heteroatoms. The van der Waals surface area contributed by atoms with E-state index in [1.54, 1.807) is 6.92 Å². The number of hydrogen-bond donors (Lipinski definition) is 4. The number of nitrogens with one attached hydrogen (secondary N) is 1. The SMILES string of the molecule is CC1C=C(C(=O)O)N2C(=O)C(NC(=O)/C(=N/OCC(=O)O)c3nc(N)sc3Cl)[C@H]2S1. The third kappa shape index (κ3) is 4.20. The van der Waals surface area contributed by atoms with Crippen molar-refractivity contribution in [3.05, 3.63) is 21.8 Å². The lowest BCUT2D eigenvalue weighted by molar-refractivity contribution is -0.150. The van der Waals surface area contributed by atoms with Gasteiger partial charge in [-0.3, -0.25) is 14.5 Å². The largest absolute Gasteiger partial charge is 0.479 e. The number of rotatable bonds is 7. The molecule has 3 heterocycles. The van der Waals surface area contributed by atoms with Crippen LogP contribution in [0, 0.1) is 0 Å². The normalized spacial score (nSPS) is 23.2. The quantitative estimate of drug-likeness (QED) is 0.236. The molecule has 0 aliphatic carbocycles. The maximum atomic E-state index is 12.8. The van der Waals surface area contributed by atoms with Gasteiger partial charge in [0.25, 0.3) is 11.8 Å². The van der Waals surface area contributed by atoms with Crippen LogP contribution in [0.25, 0.3) is 0 Å². The molecule has 1 saturated heterocycles. The minimum absolute atomic E-state index is 0.0126. The number of anilines is 1. The van der Waals surface area contributed by atoms with E-state index in [0.29, 0.717) is 0 Å². The lowest BCUT2D eigenvalue weighted by Crippen LogP contribution is -2.71. The summed E-state index contributed by atoms with van der Waals surface area (Å²) in [5, 5.41) is 23.1. The van der Waals surface area contributed by atoms with E-state index in [1.165, 1.54) is 17.8 Å². The Hall–Kier alpha value is -2.84. The molecule has 0 saturated carbocycles. The average molecular weight is 476 g/mol. The Kier molecular flexibility index (Phi) is 6.19. The van der Waals surface area contributed by atoms with Crippen molar-refractivity contribution in [3.8, 4) is 0 Å². The molecule has 2 aliphatic heterocycles. The van der Waals surface area contributed by atoms with Crippen molar-refractivity contribution in [3.63, 3.8) is 0 Å². The highest BCUT2D eigenvalue weighted by Gasteiger charge is 2.54. The summed E-state index contributed by atoms with van der Waals surface area (Å²) in [6.45, 7) is 0.935. The van der Waals surface area contributed by atoms with Crippen LogP contribution in [0.5, 0.6) is 0 Å². The molecule has 0 bridgehead atoms. The van der Waals surface area contributed by atoms with Crippen molar-refractivity contribution in [1.82, 2.24) is 15.2 Å². The number of nitrogens with two attached hydrogens (primary N) is 1. The molecule has 3 rings (SSSR count). The molecule has 0 spiro atoms. The van der Waals surface area contributed by atoms with E-state index < -0.39 is 47.5 Å². The van der Waals surface area contributed by atoms with E-state index in [1.807, 2.05) is 0 Å². The van der Waals surface area contributed by atoms with E-state index in [4.69, 9.17) is 22.4 Å². The number of carboxylic acids is 2. The predicted molar refractivity (Wildman–Crippen MR) is 107 cm³/mol. The van der Waals surface area contributed by atoms with E-state index >= 15 is 0 Å². The van der Waals surface area contributed by atoms with Crippen LogP contribution >= 0.6 is 34.7 Å². The first-order valence-corrected chi connectivity index (χ1v) is 10.3. The number of halogens is 1. The molecule has 0 aromatic carbocycles. The molecule has 2 amide bonds. The van der Waals surface area contributed by atoms with Gasteiger partial charge >= 0.3 is 11.9 Å². The molecule has 0 radical (unpaired) electrons. The van der Waals surface area contributed by atoms with Gasteiger partial charge in [0, 0.05) is 5.25 Å². The molecule has 160 valence electrons. The summed E-state index contributed by atoms with van der Waals surface area (Å²) in [5.74, 6) is -4.10. The zero-order chi connectivity index (χ0) is 22.2. The number of thioether (sulfide) groups is 1. The number of carbonyl (C=O) groups excluding carboxylic acids is 2. The zero-order valence-corrected chi connectivity index (χ0v) is 17.5. The van der Waals surface area contributed by atoms with Gasteiger partial charge in [0.1, 0.15) is 27.1 Å². The van der Waals surface area contributed by atoms with Crippen molar-refractivity contribution < 1.29 is 34.2 Å². The van der Waals surface area contributed by atoms with Gasteiger partial charge in [-0.2, -0.15) is 0 Å². The van der Waals surface area contributed by atoms with Gasteiger partial charge in [-0.1, -0.05) is 28.1 Å². The summed E-state index contributed by atoms with van der Waals surface area (Å²) in [7, 11) is 0. The monoisotopic (exact) mass is 475 g/mol. The van der Waals surface area contributed by atoms with Gasteiger partial charge in [0.15, 0.2) is 10.8 Å². The molecule has 12 nitrogen and oxygen atoms in total. The number of aromatic nitrogens is 1. The van der Waals surface area contributed by atoms with Gasteiger partial charge in [0.05, 0.1) is 0 Å². The summed E-state index contributed by atoms with van der Waals surface area (Å²) in [6.07, 6.45) is 1.45. The second-order valence-electron chi connectivity index (χ2n) is 6.03. The van der Waals surface area contributed by atoms with Crippen molar-refractivity contribution in [1.29, 1.82) is 0 Å². The summed E-state index contributed by atoms with van der Waals surface area (Å²) in [4.78, 5) is 56.9. The summed E-state index contributed by atoms with van der Waals surface area (Å²) in [5.41, 5.74) is 4.81. The minimum Gasteiger partial charge on any atom is -0.479 e. The number of aliphatic carboxylic acids is 2. The Morgan fingerprint density at radius 3 is 2.70 bits per heavy atom. The minimum atomic E-state index is -1.33. The number of β-lactam (4-membered cyclic amide) rings is 1. The lowest BCUT2D eigenvalue weighted by Gasteiger charge is -2.49. The van der Waals surface area contributed by atoms with Crippen LogP contribution in [-0.4, -0.2) is 72.8 Å². The highest BCUT2D eigenvalue weighted by molar-refractivity contribution is 8.00. The summed E-state index contributed by atoms with van der Waals surface area (Å²) in [6, 6.07) is -1.03. The van der Waals surface area contributed by atoms with E-state index in [0.717, 1.165) is 16.2 Å². The Morgan fingerprint density at radius 2 is 2.13 bits per heavy atom. The van der Waals surface area contributed by atoms with Crippen LogP contribution in [0.3, 0.4) is 0 Å². The average Bonchev–Trinajstić information content (AvgIpc) is 2.99. The molecule has 1 aromatic heterocycles. The van der Waals surface area contributed by atoms with Crippen molar-refractivity contribution in [2.24, 2.45) is 5.16 Å². The first-order chi connectivity index (χ1) is 14.1. The van der Waals surface area contributed by atoms with Crippen LogP contribution in [0.15, 0.2) is 16.9 Å². The molecule has 1 fully saturated rings. The van der Waals surface area contributed by atoms with Gasteiger partial charge in [-0.25, -0.2) is 14.6 Å². The third-order valence-corrected chi connectivity index (χ3v) is 6.35. The van der Waals surface area contributed by atoms with Crippen LogP contribution in [0.2, 0.25) is 4.34 Å². The Balaban J connectivity index is 1.82. The smallest absolute Gasteiger partial charge is 0.352 e. The number of amides is 2.